The molecule has 5 nitrogen and oxygen atoms in total. The molecule has 0 radical (unpaired) electrons. The maximum absolute atomic E-state index is 13.1. The quantitative estimate of drug-likeness (QED) is 0.864. The molecule has 3 rings (SSSR count). The van der Waals surface area contributed by atoms with E-state index in [0.29, 0.717) is 24.6 Å². The van der Waals surface area contributed by atoms with Crippen molar-refractivity contribution in [2.75, 3.05) is 25.5 Å². The molecule has 1 aliphatic rings. The predicted octanol–water partition coefficient (Wildman–Crippen LogP) is 3.58. The first-order valence-corrected chi connectivity index (χ1v) is 8.66. The number of carbonyl (C=O) groups excluding carboxylic acids is 1. The molecule has 0 unspecified atom stereocenters. The summed E-state index contributed by atoms with van der Waals surface area (Å²) in [5.74, 6) is 0.738. The fourth-order valence-corrected chi connectivity index (χ4v) is 2.88. The van der Waals surface area contributed by atoms with Crippen LogP contribution < -0.4 is 14.8 Å². The van der Waals surface area contributed by atoms with Gasteiger partial charge in [-0.25, -0.2) is 4.39 Å². The topological polar surface area (TPSA) is 50.8 Å². The Balaban J connectivity index is 1.57. The summed E-state index contributed by atoms with van der Waals surface area (Å²) in [5, 5.41) is 2.88. The van der Waals surface area contributed by atoms with Gasteiger partial charge in [-0.3, -0.25) is 9.69 Å². The number of nitrogens with zero attached hydrogens (tertiary/aromatic N) is 1. The van der Waals surface area contributed by atoms with Crippen LogP contribution in [0.2, 0.25) is 5.02 Å². The highest BCUT2D eigenvalue weighted by molar-refractivity contribution is 6.33. The maximum atomic E-state index is 13.1. The van der Waals surface area contributed by atoms with E-state index in [2.05, 4.69) is 5.32 Å². The van der Waals surface area contributed by atoms with Crippen LogP contribution in [0.5, 0.6) is 11.5 Å². The van der Waals surface area contributed by atoms with Crippen LogP contribution in [0.4, 0.5) is 10.1 Å². The molecule has 1 aliphatic heterocycles. The highest BCUT2D eigenvalue weighted by Gasteiger charge is 2.26. The average molecular weight is 379 g/mol. The van der Waals surface area contributed by atoms with Crippen LogP contribution in [0.25, 0.3) is 0 Å². The van der Waals surface area contributed by atoms with E-state index in [1.807, 2.05) is 36.2 Å². The Labute approximate surface area is 156 Å². The predicted molar refractivity (Wildman–Crippen MR) is 98.5 cm³/mol. The third-order valence-electron chi connectivity index (χ3n) is 4.29. The van der Waals surface area contributed by atoms with Gasteiger partial charge < -0.3 is 14.8 Å². The van der Waals surface area contributed by atoms with Gasteiger partial charge in [0.25, 0.3) is 0 Å². The molecule has 1 amide bonds. The van der Waals surface area contributed by atoms with E-state index in [4.69, 9.17) is 21.1 Å². The number of fused-ring (bicyclic) bond motifs is 1. The lowest BCUT2D eigenvalue weighted by molar-refractivity contribution is -0.120. The molecule has 0 spiro atoms. The number of benzene rings is 2. The normalized spacial score (nSPS) is 17.0. The zero-order chi connectivity index (χ0) is 18.7. The van der Waals surface area contributed by atoms with Gasteiger partial charge in [-0.1, -0.05) is 23.7 Å². The molecule has 138 valence electrons. The number of ether oxygens (including phenoxy) is 2. The summed E-state index contributed by atoms with van der Waals surface area (Å²) in [4.78, 5) is 14.3. The van der Waals surface area contributed by atoms with E-state index in [1.54, 1.807) is 6.92 Å². The Morgan fingerprint density at radius 2 is 2.08 bits per heavy atom. The smallest absolute Gasteiger partial charge is 0.241 e. The molecule has 0 saturated heterocycles. The largest absolute Gasteiger partial charge is 0.486 e. The highest BCUT2D eigenvalue weighted by atomic mass is 35.5. The Bertz CT molecular complexity index is 802. The highest BCUT2D eigenvalue weighted by Crippen LogP contribution is 2.31. The van der Waals surface area contributed by atoms with Crippen LogP contribution in [-0.4, -0.2) is 43.2 Å². The van der Waals surface area contributed by atoms with E-state index in [1.165, 1.54) is 12.1 Å². The lowest BCUT2D eigenvalue weighted by Crippen LogP contribution is -2.46. The van der Waals surface area contributed by atoms with E-state index in [0.717, 1.165) is 11.8 Å². The molecule has 7 heteroatoms. The van der Waals surface area contributed by atoms with Crippen LogP contribution in [0.15, 0.2) is 42.5 Å². The maximum Gasteiger partial charge on any atom is 0.241 e. The summed E-state index contributed by atoms with van der Waals surface area (Å²) in [5.41, 5.74) is 0.379. The minimum Gasteiger partial charge on any atom is -0.486 e. The first-order chi connectivity index (χ1) is 12.4. The molecular weight excluding hydrogens is 359 g/mol. The van der Waals surface area contributed by atoms with Crippen molar-refractivity contribution in [3.05, 3.63) is 53.3 Å². The number of hydrogen-bond acceptors (Lipinski definition) is 4. The van der Waals surface area contributed by atoms with Crippen LogP contribution in [-0.2, 0) is 4.79 Å². The molecule has 0 aliphatic carbocycles. The molecule has 2 aromatic rings. The van der Waals surface area contributed by atoms with Crippen LogP contribution >= 0.6 is 11.6 Å². The molecule has 1 N–H and O–H groups in total. The number of halogens is 2. The van der Waals surface area contributed by atoms with Gasteiger partial charge in [-0.05, 0) is 44.3 Å². The number of likely N-dealkylation sites (N-methyl/N-ethyl adjacent to an activating group) is 1. The second-order valence-electron chi connectivity index (χ2n) is 6.23. The van der Waals surface area contributed by atoms with Gasteiger partial charge in [-0.2, -0.15) is 0 Å². The van der Waals surface area contributed by atoms with Crippen LogP contribution in [0.1, 0.15) is 6.92 Å². The summed E-state index contributed by atoms with van der Waals surface area (Å²) in [6.07, 6.45) is -0.181. The summed E-state index contributed by atoms with van der Waals surface area (Å²) >= 11 is 5.96. The van der Waals surface area contributed by atoms with Crippen molar-refractivity contribution in [2.45, 2.75) is 19.1 Å². The Hall–Kier alpha value is -2.31. The summed E-state index contributed by atoms with van der Waals surface area (Å²) in [6, 6.07) is 10.9. The minimum atomic E-state index is -0.451. The molecule has 26 heavy (non-hydrogen) atoms. The van der Waals surface area contributed by atoms with E-state index < -0.39 is 11.9 Å². The number of amides is 1. The molecule has 0 aromatic heterocycles. The van der Waals surface area contributed by atoms with Crippen molar-refractivity contribution in [1.29, 1.82) is 0 Å². The molecular formula is C19H20ClFN2O3. The van der Waals surface area contributed by atoms with Gasteiger partial charge in [0.1, 0.15) is 18.5 Å². The lowest BCUT2D eigenvalue weighted by Gasteiger charge is -2.31. The minimum absolute atomic E-state index is 0.161. The summed E-state index contributed by atoms with van der Waals surface area (Å²) < 4.78 is 24.7. The van der Waals surface area contributed by atoms with Crippen molar-refractivity contribution >= 4 is 23.2 Å². The molecule has 0 bridgehead atoms. The first kappa shape index (κ1) is 18.5. The second-order valence-corrected chi connectivity index (χ2v) is 6.63. The van der Waals surface area contributed by atoms with Gasteiger partial charge in [0, 0.05) is 6.54 Å². The lowest BCUT2D eigenvalue weighted by atomic mass is 10.2. The monoisotopic (exact) mass is 378 g/mol. The van der Waals surface area contributed by atoms with E-state index >= 15 is 0 Å². The second kappa shape index (κ2) is 7.93. The van der Waals surface area contributed by atoms with Crippen molar-refractivity contribution < 1.29 is 18.7 Å². The third-order valence-corrected chi connectivity index (χ3v) is 4.60. The SMILES string of the molecule is C[C@@H](C(=O)Nc1ccc(F)cc1Cl)N(C)C[C@@H]1COc2ccccc2O1. The van der Waals surface area contributed by atoms with Crippen LogP contribution in [0, 0.1) is 5.82 Å². The van der Waals surface area contributed by atoms with Crippen molar-refractivity contribution in [2.24, 2.45) is 0 Å². The first-order valence-electron chi connectivity index (χ1n) is 8.28. The van der Waals surface area contributed by atoms with Gasteiger partial charge in [0.15, 0.2) is 11.5 Å². The summed E-state index contributed by atoms with van der Waals surface area (Å²) in [6.45, 7) is 2.71. The Kier molecular flexibility index (Phi) is 5.64. The number of carbonyl (C=O) groups is 1. The van der Waals surface area contributed by atoms with Crippen molar-refractivity contribution in [1.82, 2.24) is 4.90 Å². The molecule has 2 aromatic carbocycles. The standard InChI is InChI=1S/C19H20ClFN2O3/c1-12(19(24)22-16-8-7-13(21)9-15(16)20)23(2)10-14-11-25-17-5-3-4-6-18(17)26-14/h3-9,12,14H,10-11H2,1-2H3,(H,22,24)/t12-,14+/m0/s1. The van der Waals surface area contributed by atoms with Gasteiger partial charge in [-0.15, -0.1) is 0 Å². The number of rotatable bonds is 5. The van der Waals surface area contributed by atoms with Gasteiger partial charge in [0.05, 0.1) is 16.8 Å². The molecule has 2 atom stereocenters. The van der Waals surface area contributed by atoms with Crippen LogP contribution in [0.3, 0.4) is 0 Å². The van der Waals surface area contributed by atoms with Gasteiger partial charge in [0.2, 0.25) is 5.91 Å². The Morgan fingerprint density at radius 1 is 1.35 bits per heavy atom. The number of hydrogen-bond donors (Lipinski definition) is 1. The van der Waals surface area contributed by atoms with E-state index in [9.17, 15) is 9.18 Å². The number of anilines is 1. The fourth-order valence-electron chi connectivity index (χ4n) is 2.66. The van der Waals surface area contributed by atoms with Crippen molar-refractivity contribution in [3.63, 3.8) is 0 Å². The molecule has 0 saturated carbocycles. The number of nitrogens with one attached hydrogen (secondary N) is 1. The summed E-state index contributed by atoms with van der Waals surface area (Å²) in [7, 11) is 1.83. The average Bonchev–Trinajstić information content (AvgIpc) is 2.63. The molecule has 1 heterocycles. The van der Waals surface area contributed by atoms with Crippen molar-refractivity contribution in [3.8, 4) is 11.5 Å². The number of para-hydroxylation sites is 2. The molecule has 0 fully saturated rings. The zero-order valence-electron chi connectivity index (χ0n) is 14.5. The van der Waals surface area contributed by atoms with Gasteiger partial charge >= 0.3 is 0 Å². The zero-order valence-corrected chi connectivity index (χ0v) is 15.3. The fraction of sp³-hybridized carbons (Fsp3) is 0.316. The van der Waals surface area contributed by atoms with E-state index in [-0.39, 0.29) is 17.0 Å². The Morgan fingerprint density at radius 3 is 2.81 bits per heavy atom. The third kappa shape index (κ3) is 4.26.